The Hall–Kier alpha value is -3.48. The molecule has 0 aliphatic heterocycles. The molecule has 0 aliphatic carbocycles. The van der Waals surface area contributed by atoms with Crippen molar-refractivity contribution in [1.82, 2.24) is 9.88 Å². The fourth-order valence-electron chi connectivity index (χ4n) is 4.66. The van der Waals surface area contributed by atoms with Gasteiger partial charge in [0.1, 0.15) is 5.01 Å². The Bertz CT molecular complexity index is 1330. The molecule has 0 radical (unpaired) electrons. The van der Waals surface area contributed by atoms with E-state index in [1.54, 1.807) is 11.3 Å². The number of nitrogens with zero attached hydrogens (tertiary/aromatic N) is 3. The van der Waals surface area contributed by atoms with Gasteiger partial charge in [0.15, 0.2) is 0 Å². The number of anilines is 1. The number of thiazole rings is 1. The molecule has 1 heterocycles. The highest BCUT2D eigenvalue weighted by molar-refractivity contribution is 7.09. The van der Waals surface area contributed by atoms with Crippen LogP contribution in [0.1, 0.15) is 42.5 Å². The van der Waals surface area contributed by atoms with Gasteiger partial charge in [-0.2, -0.15) is 0 Å². The predicted molar refractivity (Wildman–Crippen MR) is 162 cm³/mol. The van der Waals surface area contributed by atoms with Crippen molar-refractivity contribution in [2.75, 3.05) is 25.0 Å². The number of carbonyl (C=O) groups is 1. The van der Waals surface area contributed by atoms with Crippen LogP contribution in [0, 0.1) is 5.41 Å². The molecule has 0 spiro atoms. The van der Waals surface area contributed by atoms with E-state index in [0.29, 0.717) is 18.5 Å². The third-order valence-electron chi connectivity index (χ3n) is 6.62. The first kappa shape index (κ1) is 28.5. The molecule has 0 saturated carbocycles. The fourth-order valence-corrected chi connectivity index (χ4v) is 5.50. The van der Waals surface area contributed by atoms with Crippen LogP contribution in [0.5, 0.6) is 0 Å². The van der Waals surface area contributed by atoms with E-state index in [9.17, 15) is 9.90 Å². The molecule has 1 aromatic heterocycles. The first-order valence-electron chi connectivity index (χ1n) is 13.5. The number of benzene rings is 3. The van der Waals surface area contributed by atoms with Gasteiger partial charge in [0.05, 0.1) is 18.8 Å². The Balaban J connectivity index is 1.33. The molecule has 0 bridgehead atoms. The van der Waals surface area contributed by atoms with Crippen LogP contribution < -0.4 is 4.90 Å². The Kier molecular flexibility index (Phi) is 9.54. The van der Waals surface area contributed by atoms with Gasteiger partial charge in [-0.15, -0.1) is 11.3 Å². The molecule has 204 valence electrons. The SMILES string of the molecule is CN(CCc1ccc(CC(C)(C)C)cc1)c1ccc(-c2csc(CN(CC(=O)O)Cc3ccccc3)n2)cc1. The minimum atomic E-state index is -0.833. The number of hydrogen-bond acceptors (Lipinski definition) is 5. The molecule has 0 atom stereocenters. The predicted octanol–water partition coefficient (Wildman–Crippen LogP) is 7.16. The largest absolute Gasteiger partial charge is 0.480 e. The molecule has 6 heteroatoms. The summed E-state index contributed by atoms with van der Waals surface area (Å²) < 4.78 is 0. The van der Waals surface area contributed by atoms with Crippen LogP contribution in [0.2, 0.25) is 0 Å². The van der Waals surface area contributed by atoms with Crippen LogP contribution in [-0.4, -0.2) is 41.1 Å². The Labute approximate surface area is 236 Å². The lowest BCUT2D eigenvalue weighted by molar-refractivity contribution is -0.138. The van der Waals surface area contributed by atoms with Crippen LogP contribution in [-0.2, 0) is 30.7 Å². The molecule has 5 nitrogen and oxygen atoms in total. The smallest absolute Gasteiger partial charge is 0.317 e. The van der Waals surface area contributed by atoms with Gasteiger partial charge in [0.25, 0.3) is 0 Å². The molecule has 1 N–H and O–H groups in total. The molecule has 0 fully saturated rings. The number of carboxylic acid groups (broad SMARTS) is 1. The molecule has 4 rings (SSSR count). The third kappa shape index (κ3) is 9.05. The molecule has 0 amide bonds. The summed E-state index contributed by atoms with van der Waals surface area (Å²) in [6.07, 6.45) is 2.09. The maximum Gasteiger partial charge on any atom is 0.317 e. The number of likely N-dealkylation sites (N-methyl/N-ethyl adjacent to an activating group) is 1. The third-order valence-corrected chi connectivity index (χ3v) is 7.45. The minimum absolute atomic E-state index is 0.0219. The van der Waals surface area contributed by atoms with E-state index in [2.05, 4.69) is 86.6 Å². The first-order valence-corrected chi connectivity index (χ1v) is 14.3. The number of aliphatic carboxylic acids is 1. The highest BCUT2D eigenvalue weighted by Gasteiger charge is 2.15. The van der Waals surface area contributed by atoms with Gasteiger partial charge < -0.3 is 10.0 Å². The number of rotatable bonds is 12. The lowest BCUT2D eigenvalue weighted by Crippen LogP contribution is -2.28. The Morgan fingerprint density at radius 1 is 0.872 bits per heavy atom. The molecular weight excluding hydrogens is 502 g/mol. The standard InChI is InChI=1S/C33H39N3O2S/c1-33(2,3)20-26-12-10-25(11-13-26)18-19-35(4)29-16-14-28(15-17-29)30-24-39-31(34-30)22-36(23-32(37)38)21-27-8-6-5-7-9-27/h5-17,24H,18-23H2,1-4H3,(H,37,38). The summed E-state index contributed by atoms with van der Waals surface area (Å²) in [6.45, 7) is 8.83. The average Bonchev–Trinajstić information content (AvgIpc) is 3.36. The fraction of sp³-hybridized carbons (Fsp3) is 0.333. The second kappa shape index (κ2) is 13.0. The van der Waals surface area contributed by atoms with E-state index in [1.165, 1.54) is 16.8 Å². The lowest BCUT2D eigenvalue weighted by Gasteiger charge is -2.20. The maximum absolute atomic E-state index is 11.4. The van der Waals surface area contributed by atoms with Gasteiger partial charge in [-0.3, -0.25) is 9.69 Å². The van der Waals surface area contributed by atoms with Gasteiger partial charge in [-0.05, 0) is 47.1 Å². The van der Waals surface area contributed by atoms with Crippen molar-refractivity contribution in [3.05, 3.63) is 106 Å². The summed E-state index contributed by atoms with van der Waals surface area (Å²) in [7, 11) is 2.13. The molecule has 3 aromatic carbocycles. The molecule has 0 aliphatic rings. The van der Waals surface area contributed by atoms with Gasteiger partial charge in [-0.25, -0.2) is 4.98 Å². The monoisotopic (exact) mass is 541 g/mol. The van der Waals surface area contributed by atoms with Crippen molar-refractivity contribution < 1.29 is 9.90 Å². The van der Waals surface area contributed by atoms with Crippen LogP contribution >= 0.6 is 11.3 Å². The number of aromatic nitrogens is 1. The van der Waals surface area contributed by atoms with E-state index in [1.807, 2.05) is 35.2 Å². The van der Waals surface area contributed by atoms with Crippen molar-refractivity contribution in [1.29, 1.82) is 0 Å². The topological polar surface area (TPSA) is 56.7 Å². The van der Waals surface area contributed by atoms with E-state index < -0.39 is 5.97 Å². The minimum Gasteiger partial charge on any atom is -0.480 e. The summed E-state index contributed by atoms with van der Waals surface area (Å²) in [4.78, 5) is 20.4. The van der Waals surface area contributed by atoms with E-state index in [0.717, 1.165) is 41.2 Å². The quantitative estimate of drug-likeness (QED) is 0.206. The zero-order valence-corrected chi connectivity index (χ0v) is 24.2. The molecule has 4 aromatic rings. The van der Waals surface area contributed by atoms with Crippen molar-refractivity contribution in [2.45, 2.75) is 46.7 Å². The average molecular weight is 542 g/mol. The van der Waals surface area contributed by atoms with Gasteiger partial charge in [0.2, 0.25) is 0 Å². The highest BCUT2D eigenvalue weighted by Crippen LogP contribution is 2.26. The molecule has 0 saturated heterocycles. The van der Waals surface area contributed by atoms with E-state index in [4.69, 9.17) is 4.98 Å². The summed E-state index contributed by atoms with van der Waals surface area (Å²) in [5.41, 5.74) is 7.31. The summed E-state index contributed by atoms with van der Waals surface area (Å²) in [6, 6.07) is 27.5. The molecule has 39 heavy (non-hydrogen) atoms. The molecular formula is C33H39N3O2S. The zero-order chi connectivity index (χ0) is 27.8. The second-order valence-electron chi connectivity index (χ2n) is 11.4. The van der Waals surface area contributed by atoms with Gasteiger partial charge in [-0.1, -0.05) is 87.5 Å². The second-order valence-corrected chi connectivity index (χ2v) is 12.4. The Morgan fingerprint density at radius 2 is 1.54 bits per heavy atom. The van der Waals surface area contributed by atoms with Crippen LogP contribution in [0.3, 0.4) is 0 Å². The van der Waals surface area contributed by atoms with E-state index in [-0.39, 0.29) is 6.54 Å². The summed E-state index contributed by atoms with van der Waals surface area (Å²) in [5.74, 6) is -0.833. The number of carboxylic acids is 1. The first-order chi connectivity index (χ1) is 18.6. The normalized spacial score (nSPS) is 11.6. The van der Waals surface area contributed by atoms with Crippen LogP contribution in [0.4, 0.5) is 5.69 Å². The van der Waals surface area contributed by atoms with Crippen molar-refractivity contribution >= 4 is 23.0 Å². The number of hydrogen-bond donors (Lipinski definition) is 1. The summed E-state index contributed by atoms with van der Waals surface area (Å²) >= 11 is 1.57. The van der Waals surface area contributed by atoms with E-state index >= 15 is 0 Å². The maximum atomic E-state index is 11.4. The highest BCUT2D eigenvalue weighted by atomic mass is 32.1. The summed E-state index contributed by atoms with van der Waals surface area (Å²) in [5, 5.41) is 12.4. The lowest BCUT2D eigenvalue weighted by atomic mass is 9.88. The van der Waals surface area contributed by atoms with Crippen LogP contribution in [0.15, 0.2) is 84.2 Å². The Morgan fingerprint density at radius 3 is 2.18 bits per heavy atom. The van der Waals surface area contributed by atoms with Crippen molar-refractivity contribution in [3.63, 3.8) is 0 Å². The van der Waals surface area contributed by atoms with Crippen molar-refractivity contribution in [2.24, 2.45) is 5.41 Å². The van der Waals surface area contributed by atoms with Gasteiger partial charge in [0, 0.05) is 36.8 Å². The zero-order valence-electron chi connectivity index (χ0n) is 23.4. The van der Waals surface area contributed by atoms with Crippen LogP contribution in [0.25, 0.3) is 11.3 Å². The van der Waals surface area contributed by atoms with Crippen molar-refractivity contribution in [3.8, 4) is 11.3 Å². The van der Waals surface area contributed by atoms with Gasteiger partial charge >= 0.3 is 5.97 Å². The molecule has 0 unspecified atom stereocenters.